The van der Waals surface area contributed by atoms with E-state index in [1.165, 1.54) is 18.4 Å². The van der Waals surface area contributed by atoms with Crippen molar-refractivity contribution in [3.8, 4) is 0 Å². The Kier molecular flexibility index (Phi) is 5.26. The Morgan fingerprint density at radius 1 is 1.08 bits per heavy atom. The first-order valence-electron chi connectivity index (χ1n) is 9.19. The van der Waals surface area contributed by atoms with E-state index in [1.54, 1.807) is 0 Å². The molecule has 132 valence electrons. The molecule has 0 aromatic heterocycles. The molecule has 1 heterocycles. The summed E-state index contributed by atoms with van der Waals surface area (Å²) in [6, 6.07) is 10.3. The van der Waals surface area contributed by atoms with Crippen LogP contribution in [0.2, 0.25) is 0 Å². The summed E-state index contributed by atoms with van der Waals surface area (Å²) in [4.78, 5) is 19.0. The summed E-state index contributed by atoms with van der Waals surface area (Å²) >= 11 is 0. The Labute approximate surface area is 145 Å². The maximum absolute atomic E-state index is 12.7. The van der Waals surface area contributed by atoms with Crippen LogP contribution in [0.4, 0.5) is 0 Å². The van der Waals surface area contributed by atoms with E-state index in [-0.39, 0.29) is 11.5 Å². The Bertz CT molecular complexity index is 547. The number of hydroxylamine groups is 2. The zero-order valence-electron chi connectivity index (χ0n) is 14.9. The minimum Gasteiger partial charge on any atom is -0.462 e. The Morgan fingerprint density at radius 3 is 2.42 bits per heavy atom. The molecule has 0 atom stereocenters. The van der Waals surface area contributed by atoms with Gasteiger partial charge in [0.25, 0.3) is 0 Å². The number of hydrogen-bond donors (Lipinski definition) is 0. The SMILES string of the molecule is CC1(C)COC(=O)C2(CCCCCC2)N1OCCc1ccccc1. The maximum Gasteiger partial charge on any atom is 0.329 e. The molecule has 2 aliphatic rings. The van der Waals surface area contributed by atoms with Crippen molar-refractivity contribution in [1.82, 2.24) is 5.06 Å². The highest BCUT2D eigenvalue weighted by atomic mass is 16.7. The van der Waals surface area contributed by atoms with Gasteiger partial charge < -0.3 is 4.74 Å². The molecule has 0 amide bonds. The summed E-state index contributed by atoms with van der Waals surface area (Å²) < 4.78 is 5.58. The summed E-state index contributed by atoms with van der Waals surface area (Å²) in [5.74, 6) is -0.0940. The van der Waals surface area contributed by atoms with Crippen LogP contribution in [-0.4, -0.2) is 35.3 Å². The molecule has 0 unspecified atom stereocenters. The molecule has 3 rings (SSSR count). The summed E-state index contributed by atoms with van der Waals surface area (Å²) in [7, 11) is 0. The predicted molar refractivity (Wildman–Crippen MR) is 93.4 cm³/mol. The fourth-order valence-electron chi connectivity index (χ4n) is 4.02. The van der Waals surface area contributed by atoms with Crippen LogP contribution in [0.25, 0.3) is 0 Å². The van der Waals surface area contributed by atoms with Crippen molar-refractivity contribution in [2.75, 3.05) is 13.2 Å². The van der Waals surface area contributed by atoms with Gasteiger partial charge in [-0.05, 0) is 38.7 Å². The Balaban J connectivity index is 1.75. The van der Waals surface area contributed by atoms with Gasteiger partial charge in [0.15, 0.2) is 0 Å². The number of morpholine rings is 1. The van der Waals surface area contributed by atoms with Gasteiger partial charge in [-0.3, -0.25) is 4.84 Å². The average molecular weight is 331 g/mol. The van der Waals surface area contributed by atoms with E-state index < -0.39 is 5.54 Å². The number of ether oxygens (including phenoxy) is 1. The van der Waals surface area contributed by atoms with Crippen molar-refractivity contribution in [1.29, 1.82) is 0 Å². The van der Waals surface area contributed by atoms with Crippen molar-refractivity contribution in [3.63, 3.8) is 0 Å². The van der Waals surface area contributed by atoms with Crippen LogP contribution in [0.5, 0.6) is 0 Å². The highest BCUT2D eigenvalue weighted by Gasteiger charge is 2.55. The normalized spacial score (nSPS) is 23.7. The molecule has 1 saturated heterocycles. The zero-order valence-corrected chi connectivity index (χ0v) is 14.9. The number of benzene rings is 1. The van der Waals surface area contributed by atoms with E-state index in [1.807, 2.05) is 23.3 Å². The number of rotatable bonds is 4. The fraction of sp³-hybridized carbons (Fsp3) is 0.650. The van der Waals surface area contributed by atoms with Crippen LogP contribution in [-0.2, 0) is 20.8 Å². The van der Waals surface area contributed by atoms with E-state index in [0.717, 1.165) is 32.1 Å². The number of nitrogens with zero attached hydrogens (tertiary/aromatic N) is 1. The number of hydrogen-bond acceptors (Lipinski definition) is 4. The van der Waals surface area contributed by atoms with Crippen LogP contribution in [0.15, 0.2) is 30.3 Å². The van der Waals surface area contributed by atoms with Crippen LogP contribution in [0.1, 0.15) is 57.9 Å². The van der Waals surface area contributed by atoms with E-state index in [0.29, 0.717) is 13.2 Å². The van der Waals surface area contributed by atoms with E-state index >= 15 is 0 Å². The van der Waals surface area contributed by atoms with Crippen molar-refractivity contribution in [2.45, 2.75) is 69.9 Å². The second-order valence-electron chi connectivity index (χ2n) is 7.70. The summed E-state index contributed by atoms with van der Waals surface area (Å²) in [6.07, 6.45) is 7.01. The lowest BCUT2D eigenvalue weighted by molar-refractivity contribution is -0.302. The largest absolute Gasteiger partial charge is 0.462 e. The number of cyclic esters (lactones) is 1. The molecule has 1 spiro atoms. The maximum atomic E-state index is 12.7. The molecule has 0 bridgehead atoms. The third-order valence-corrected chi connectivity index (χ3v) is 5.26. The van der Waals surface area contributed by atoms with Gasteiger partial charge >= 0.3 is 5.97 Å². The highest BCUT2D eigenvalue weighted by Crippen LogP contribution is 2.41. The van der Waals surface area contributed by atoms with Gasteiger partial charge in [0, 0.05) is 0 Å². The predicted octanol–water partition coefficient (Wildman–Crippen LogP) is 3.89. The van der Waals surface area contributed by atoms with Gasteiger partial charge in [-0.25, -0.2) is 4.79 Å². The minimum absolute atomic E-state index is 0.0940. The lowest BCUT2D eigenvalue weighted by atomic mass is 9.84. The molecule has 4 nitrogen and oxygen atoms in total. The van der Waals surface area contributed by atoms with Gasteiger partial charge in [-0.15, -0.1) is 0 Å². The number of esters is 1. The number of carbonyl (C=O) groups excluding carboxylic acids is 1. The first-order chi connectivity index (χ1) is 11.5. The quantitative estimate of drug-likeness (QED) is 0.785. The highest BCUT2D eigenvalue weighted by molar-refractivity contribution is 5.81. The molecule has 0 radical (unpaired) electrons. The molecule has 1 aromatic carbocycles. The molecule has 1 aromatic rings. The molecule has 0 N–H and O–H groups in total. The first kappa shape index (κ1) is 17.4. The third-order valence-electron chi connectivity index (χ3n) is 5.26. The average Bonchev–Trinajstić information content (AvgIpc) is 2.83. The fourth-order valence-corrected chi connectivity index (χ4v) is 4.02. The van der Waals surface area contributed by atoms with Gasteiger partial charge in [-0.2, -0.15) is 5.06 Å². The van der Waals surface area contributed by atoms with E-state index in [4.69, 9.17) is 9.57 Å². The summed E-state index contributed by atoms with van der Waals surface area (Å²) in [6.45, 7) is 5.19. The number of carbonyl (C=O) groups is 1. The monoisotopic (exact) mass is 331 g/mol. The van der Waals surface area contributed by atoms with Crippen molar-refractivity contribution in [2.24, 2.45) is 0 Å². The lowest BCUT2D eigenvalue weighted by Crippen LogP contribution is -2.68. The molecule has 2 fully saturated rings. The van der Waals surface area contributed by atoms with Gasteiger partial charge in [0.05, 0.1) is 12.1 Å². The zero-order chi connectivity index (χ0) is 17.0. The van der Waals surface area contributed by atoms with Crippen LogP contribution in [0.3, 0.4) is 0 Å². The van der Waals surface area contributed by atoms with E-state index in [9.17, 15) is 4.79 Å². The van der Waals surface area contributed by atoms with Gasteiger partial charge in [-0.1, -0.05) is 56.0 Å². The molecule has 24 heavy (non-hydrogen) atoms. The second-order valence-corrected chi connectivity index (χ2v) is 7.70. The van der Waals surface area contributed by atoms with Crippen LogP contribution in [0, 0.1) is 0 Å². The molecular weight excluding hydrogens is 302 g/mol. The van der Waals surface area contributed by atoms with Crippen molar-refractivity contribution in [3.05, 3.63) is 35.9 Å². The molecule has 1 aliphatic heterocycles. The minimum atomic E-state index is -0.602. The molecule has 1 saturated carbocycles. The van der Waals surface area contributed by atoms with E-state index in [2.05, 4.69) is 26.0 Å². The topological polar surface area (TPSA) is 38.8 Å². The summed E-state index contributed by atoms with van der Waals surface area (Å²) in [5, 5.41) is 2.00. The summed E-state index contributed by atoms with van der Waals surface area (Å²) in [5.41, 5.74) is 0.356. The third kappa shape index (κ3) is 3.50. The van der Waals surface area contributed by atoms with Gasteiger partial charge in [0.2, 0.25) is 0 Å². The van der Waals surface area contributed by atoms with Crippen LogP contribution >= 0.6 is 0 Å². The molecule has 1 aliphatic carbocycles. The Hall–Kier alpha value is -1.39. The van der Waals surface area contributed by atoms with Crippen LogP contribution < -0.4 is 0 Å². The molecular formula is C20H29NO3. The smallest absolute Gasteiger partial charge is 0.329 e. The van der Waals surface area contributed by atoms with Crippen molar-refractivity contribution < 1.29 is 14.4 Å². The second kappa shape index (κ2) is 7.24. The lowest BCUT2D eigenvalue weighted by Gasteiger charge is -2.52. The molecule has 4 heteroatoms. The van der Waals surface area contributed by atoms with Crippen molar-refractivity contribution >= 4 is 5.97 Å². The van der Waals surface area contributed by atoms with Gasteiger partial charge in [0.1, 0.15) is 12.1 Å². The first-order valence-corrected chi connectivity index (χ1v) is 9.19. The Morgan fingerprint density at radius 2 is 1.75 bits per heavy atom. The standard InChI is InChI=1S/C20H29NO3/c1-19(2)16-23-18(22)20(13-8-3-4-9-14-20)21(19)24-15-12-17-10-6-5-7-11-17/h5-7,10-11H,3-4,8-9,12-16H2,1-2H3.